The Hall–Kier alpha value is -2.11. The van der Waals surface area contributed by atoms with E-state index >= 15 is 0 Å². The van der Waals surface area contributed by atoms with Gasteiger partial charge in [0, 0.05) is 6.54 Å². The highest BCUT2D eigenvalue weighted by Gasteiger charge is 2.07. The van der Waals surface area contributed by atoms with E-state index < -0.39 is 0 Å². The maximum atomic E-state index is 8.87. The fourth-order valence-corrected chi connectivity index (χ4v) is 2.09. The molecular formula is C18H20N2. The van der Waals surface area contributed by atoms with Crippen molar-refractivity contribution in [3.63, 3.8) is 0 Å². The molecule has 0 bridgehead atoms. The van der Waals surface area contributed by atoms with Crippen molar-refractivity contribution in [3.8, 4) is 17.2 Å². The summed E-state index contributed by atoms with van der Waals surface area (Å²) in [5.41, 5.74) is 3.80. The van der Waals surface area contributed by atoms with Crippen molar-refractivity contribution in [1.29, 1.82) is 5.26 Å². The van der Waals surface area contributed by atoms with E-state index in [2.05, 4.69) is 59.5 Å². The second kappa shape index (κ2) is 6.88. The molecule has 0 heterocycles. The highest BCUT2D eigenvalue weighted by Crippen LogP contribution is 2.19. The fourth-order valence-electron chi connectivity index (χ4n) is 2.09. The second-order valence-corrected chi connectivity index (χ2v) is 5.10. The van der Waals surface area contributed by atoms with Gasteiger partial charge in [0.1, 0.15) is 0 Å². The van der Waals surface area contributed by atoms with Crippen LogP contribution in [0.2, 0.25) is 0 Å². The Morgan fingerprint density at radius 1 is 1.00 bits per heavy atom. The van der Waals surface area contributed by atoms with E-state index in [1.165, 1.54) is 16.7 Å². The van der Waals surface area contributed by atoms with Crippen molar-refractivity contribution in [2.45, 2.75) is 19.4 Å². The van der Waals surface area contributed by atoms with Gasteiger partial charge in [0.15, 0.2) is 0 Å². The third kappa shape index (κ3) is 3.69. The SMILES string of the molecule is CC(C#N)N(C)CCc1ccc(-c2ccccc2)cc1. The summed E-state index contributed by atoms with van der Waals surface area (Å²) in [5, 5.41) is 8.87. The lowest BCUT2D eigenvalue weighted by Crippen LogP contribution is -2.29. The zero-order valence-corrected chi connectivity index (χ0v) is 12.1. The molecule has 0 radical (unpaired) electrons. The Kier molecular flexibility index (Phi) is 4.92. The Balaban J connectivity index is 1.98. The predicted molar refractivity (Wildman–Crippen MR) is 83.3 cm³/mol. The summed E-state index contributed by atoms with van der Waals surface area (Å²) in [6.07, 6.45) is 0.970. The van der Waals surface area contributed by atoms with Crippen LogP contribution in [0.1, 0.15) is 12.5 Å². The van der Waals surface area contributed by atoms with Gasteiger partial charge in [-0.2, -0.15) is 5.26 Å². The van der Waals surface area contributed by atoms with Gasteiger partial charge < -0.3 is 0 Å². The van der Waals surface area contributed by atoms with Crippen LogP contribution in [0.5, 0.6) is 0 Å². The van der Waals surface area contributed by atoms with Gasteiger partial charge in [0.05, 0.1) is 12.1 Å². The molecule has 0 saturated carbocycles. The summed E-state index contributed by atoms with van der Waals surface area (Å²) < 4.78 is 0. The summed E-state index contributed by atoms with van der Waals surface area (Å²) >= 11 is 0. The van der Waals surface area contributed by atoms with E-state index in [1.54, 1.807) is 0 Å². The first-order valence-corrected chi connectivity index (χ1v) is 6.95. The van der Waals surface area contributed by atoms with E-state index in [4.69, 9.17) is 5.26 Å². The normalized spacial score (nSPS) is 12.1. The summed E-state index contributed by atoms with van der Waals surface area (Å²) in [6, 6.07) is 21.3. The lowest BCUT2D eigenvalue weighted by atomic mass is 10.0. The van der Waals surface area contributed by atoms with Crippen molar-refractivity contribution in [2.75, 3.05) is 13.6 Å². The standard InChI is InChI=1S/C18H20N2/c1-15(14-19)20(2)13-12-16-8-10-18(11-9-16)17-6-4-3-5-7-17/h3-11,15H,12-13H2,1-2H3. The number of benzene rings is 2. The van der Waals surface area contributed by atoms with E-state index in [-0.39, 0.29) is 6.04 Å². The number of nitriles is 1. The molecule has 102 valence electrons. The smallest absolute Gasteiger partial charge is 0.0946 e. The molecule has 2 nitrogen and oxygen atoms in total. The van der Waals surface area contributed by atoms with Crippen LogP contribution in [0.4, 0.5) is 0 Å². The van der Waals surface area contributed by atoms with Gasteiger partial charge in [0.25, 0.3) is 0 Å². The molecule has 0 N–H and O–H groups in total. The van der Waals surface area contributed by atoms with Crippen molar-refractivity contribution >= 4 is 0 Å². The van der Waals surface area contributed by atoms with Crippen LogP contribution in [0, 0.1) is 11.3 Å². The van der Waals surface area contributed by atoms with Crippen LogP contribution >= 0.6 is 0 Å². The second-order valence-electron chi connectivity index (χ2n) is 5.10. The molecule has 2 rings (SSSR count). The minimum absolute atomic E-state index is 0.0291. The maximum Gasteiger partial charge on any atom is 0.0946 e. The van der Waals surface area contributed by atoms with Gasteiger partial charge in [-0.1, -0.05) is 54.6 Å². The minimum atomic E-state index is -0.0291. The molecule has 20 heavy (non-hydrogen) atoms. The molecule has 0 spiro atoms. The molecule has 0 aliphatic rings. The third-order valence-electron chi connectivity index (χ3n) is 3.66. The number of rotatable bonds is 5. The Morgan fingerprint density at radius 2 is 1.60 bits per heavy atom. The lowest BCUT2D eigenvalue weighted by Gasteiger charge is -2.18. The molecule has 0 aliphatic heterocycles. The average Bonchev–Trinajstić information content (AvgIpc) is 2.53. The molecule has 0 fully saturated rings. The molecule has 0 aromatic heterocycles. The highest BCUT2D eigenvalue weighted by molar-refractivity contribution is 5.63. The van der Waals surface area contributed by atoms with Crippen molar-refractivity contribution in [3.05, 3.63) is 60.2 Å². The predicted octanol–water partition coefficient (Wildman–Crippen LogP) is 3.74. The third-order valence-corrected chi connectivity index (χ3v) is 3.66. The number of likely N-dealkylation sites (N-methyl/N-ethyl adjacent to an activating group) is 1. The van der Waals surface area contributed by atoms with Crippen LogP contribution in [-0.2, 0) is 6.42 Å². The first kappa shape index (κ1) is 14.3. The summed E-state index contributed by atoms with van der Waals surface area (Å²) in [7, 11) is 1.99. The van der Waals surface area contributed by atoms with Gasteiger partial charge in [-0.3, -0.25) is 4.90 Å². The highest BCUT2D eigenvalue weighted by atomic mass is 15.1. The number of hydrogen-bond acceptors (Lipinski definition) is 2. The van der Waals surface area contributed by atoms with Gasteiger partial charge in [-0.25, -0.2) is 0 Å². The molecule has 0 aliphatic carbocycles. The summed E-state index contributed by atoms with van der Waals surface area (Å²) in [5.74, 6) is 0. The molecule has 1 unspecified atom stereocenters. The quantitative estimate of drug-likeness (QED) is 0.822. The molecular weight excluding hydrogens is 244 g/mol. The molecule has 0 amide bonds. The number of nitrogens with zero attached hydrogens (tertiary/aromatic N) is 2. The zero-order valence-electron chi connectivity index (χ0n) is 12.1. The molecule has 0 saturated heterocycles. The Labute approximate surface area is 121 Å². The van der Waals surface area contributed by atoms with E-state index in [0.717, 1.165) is 13.0 Å². The Bertz CT molecular complexity index is 567. The van der Waals surface area contributed by atoms with Crippen LogP contribution in [0.3, 0.4) is 0 Å². The van der Waals surface area contributed by atoms with Crippen molar-refractivity contribution in [2.24, 2.45) is 0 Å². The number of hydrogen-bond donors (Lipinski definition) is 0. The van der Waals surface area contributed by atoms with Crippen LogP contribution in [0.25, 0.3) is 11.1 Å². The van der Waals surface area contributed by atoms with Crippen LogP contribution < -0.4 is 0 Å². The zero-order chi connectivity index (χ0) is 14.4. The van der Waals surface area contributed by atoms with Crippen LogP contribution in [0.15, 0.2) is 54.6 Å². The maximum absolute atomic E-state index is 8.87. The monoisotopic (exact) mass is 264 g/mol. The first-order chi connectivity index (χ1) is 9.70. The first-order valence-electron chi connectivity index (χ1n) is 6.95. The van der Waals surface area contributed by atoms with Crippen molar-refractivity contribution in [1.82, 2.24) is 4.90 Å². The molecule has 1 atom stereocenters. The van der Waals surface area contributed by atoms with Crippen LogP contribution in [-0.4, -0.2) is 24.5 Å². The minimum Gasteiger partial charge on any atom is -0.291 e. The summed E-state index contributed by atoms with van der Waals surface area (Å²) in [4.78, 5) is 2.07. The van der Waals surface area contributed by atoms with E-state index in [9.17, 15) is 0 Å². The van der Waals surface area contributed by atoms with Gasteiger partial charge in [0.2, 0.25) is 0 Å². The topological polar surface area (TPSA) is 27.0 Å². The lowest BCUT2D eigenvalue weighted by molar-refractivity contribution is 0.306. The average molecular weight is 264 g/mol. The van der Waals surface area contributed by atoms with Crippen molar-refractivity contribution < 1.29 is 0 Å². The summed E-state index contributed by atoms with van der Waals surface area (Å²) in [6.45, 7) is 2.83. The molecule has 2 aromatic rings. The van der Waals surface area contributed by atoms with Gasteiger partial charge >= 0.3 is 0 Å². The largest absolute Gasteiger partial charge is 0.291 e. The fraction of sp³-hybridized carbons (Fsp3) is 0.278. The van der Waals surface area contributed by atoms with E-state index in [0.29, 0.717) is 0 Å². The van der Waals surface area contributed by atoms with E-state index in [1.807, 2.05) is 20.0 Å². The van der Waals surface area contributed by atoms with Gasteiger partial charge in [-0.15, -0.1) is 0 Å². The molecule has 2 aromatic carbocycles. The van der Waals surface area contributed by atoms with Gasteiger partial charge in [-0.05, 0) is 37.1 Å². The Morgan fingerprint density at radius 3 is 2.20 bits per heavy atom. The molecule has 2 heteroatoms.